The number of hydrogen-bond acceptors (Lipinski definition) is 4. The predicted molar refractivity (Wildman–Crippen MR) is 78.4 cm³/mol. The minimum Gasteiger partial charge on any atom is -0.477 e. The quantitative estimate of drug-likeness (QED) is 0.481. The highest BCUT2D eigenvalue weighted by Gasteiger charge is 2.17. The van der Waals surface area contributed by atoms with Gasteiger partial charge in [-0.3, -0.25) is 4.68 Å². The van der Waals surface area contributed by atoms with E-state index < -0.39 is 5.97 Å². The summed E-state index contributed by atoms with van der Waals surface area (Å²) in [5, 5.41) is 4.22. The van der Waals surface area contributed by atoms with Crippen molar-refractivity contribution in [1.29, 1.82) is 0 Å². The van der Waals surface area contributed by atoms with Crippen LogP contribution < -0.4 is 9.47 Å². The molecule has 108 valence electrons. The topological polar surface area (TPSA) is 53.4 Å². The number of benzene rings is 1. The molecule has 5 nitrogen and oxygen atoms in total. The summed E-state index contributed by atoms with van der Waals surface area (Å²) in [6, 6.07) is 8.58. The summed E-state index contributed by atoms with van der Waals surface area (Å²) in [4.78, 5) is 12.3. The minimum absolute atomic E-state index is 0.112. The van der Waals surface area contributed by atoms with Crippen LogP contribution in [-0.4, -0.2) is 22.4 Å². The van der Waals surface area contributed by atoms with Gasteiger partial charge in [0.2, 0.25) is 0 Å². The van der Waals surface area contributed by atoms with Crippen LogP contribution in [0.2, 0.25) is 0 Å². The average Bonchev–Trinajstić information content (AvgIpc) is 2.87. The number of hydrogen-bond donors (Lipinski definition) is 0. The van der Waals surface area contributed by atoms with Crippen molar-refractivity contribution in [2.75, 3.05) is 6.61 Å². The van der Waals surface area contributed by atoms with Gasteiger partial charge in [-0.25, -0.2) is 4.79 Å². The van der Waals surface area contributed by atoms with Crippen LogP contribution in [0.25, 0.3) is 0 Å². The molecule has 1 heterocycles. The van der Waals surface area contributed by atoms with E-state index in [0.717, 1.165) is 5.69 Å². The second-order valence-corrected chi connectivity index (χ2v) is 4.32. The minimum atomic E-state index is -0.478. The van der Waals surface area contributed by atoms with Crippen LogP contribution >= 0.6 is 0 Å². The molecule has 0 aliphatic rings. The molecule has 0 aliphatic carbocycles. The van der Waals surface area contributed by atoms with Gasteiger partial charge in [-0.15, -0.1) is 6.42 Å². The number of aromatic nitrogens is 2. The molecule has 0 atom stereocenters. The summed E-state index contributed by atoms with van der Waals surface area (Å²) in [5.41, 5.74) is 1.17. The molecule has 0 bridgehead atoms. The summed E-state index contributed by atoms with van der Waals surface area (Å²) in [6.07, 6.45) is 5.17. The average molecular weight is 284 g/mol. The van der Waals surface area contributed by atoms with Crippen LogP contribution in [0.3, 0.4) is 0 Å². The molecule has 0 N–H and O–H groups in total. The van der Waals surface area contributed by atoms with E-state index >= 15 is 0 Å². The largest absolute Gasteiger partial charge is 0.477 e. The van der Waals surface area contributed by atoms with E-state index in [2.05, 4.69) is 11.0 Å². The Balaban J connectivity index is 2.21. The number of terminal acetylenes is 1. The SMILES string of the molecule is C#CCOc1ccccc1OC(=O)c1cc(C)nn1CC. The van der Waals surface area contributed by atoms with Crippen molar-refractivity contribution in [2.24, 2.45) is 0 Å². The smallest absolute Gasteiger partial charge is 0.362 e. The standard InChI is InChI=1S/C16H16N2O3/c1-4-10-20-14-8-6-7-9-15(14)21-16(19)13-11-12(3)17-18(13)5-2/h1,6-9,11H,5,10H2,2-3H3. The van der Waals surface area contributed by atoms with Crippen molar-refractivity contribution in [2.45, 2.75) is 20.4 Å². The summed E-state index contributed by atoms with van der Waals surface area (Å²) in [5.74, 6) is 2.66. The molecule has 5 heteroatoms. The Morgan fingerprint density at radius 1 is 1.38 bits per heavy atom. The lowest BCUT2D eigenvalue weighted by Gasteiger charge is -2.10. The molecule has 0 saturated carbocycles. The van der Waals surface area contributed by atoms with Crippen LogP contribution in [0.1, 0.15) is 23.1 Å². The first-order valence-corrected chi connectivity index (χ1v) is 6.57. The third-order valence-electron chi connectivity index (χ3n) is 2.77. The van der Waals surface area contributed by atoms with Crippen LogP contribution in [0.4, 0.5) is 0 Å². The van der Waals surface area contributed by atoms with E-state index in [1.54, 1.807) is 35.0 Å². The lowest BCUT2D eigenvalue weighted by molar-refractivity contribution is 0.0716. The molecule has 0 spiro atoms. The Morgan fingerprint density at radius 2 is 2.10 bits per heavy atom. The van der Waals surface area contributed by atoms with Crippen LogP contribution in [0, 0.1) is 19.3 Å². The van der Waals surface area contributed by atoms with Gasteiger partial charge in [0.15, 0.2) is 11.5 Å². The molecule has 1 aromatic carbocycles. The normalized spacial score (nSPS) is 9.95. The second-order valence-electron chi connectivity index (χ2n) is 4.32. The molecular weight excluding hydrogens is 268 g/mol. The Morgan fingerprint density at radius 3 is 2.76 bits per heavy atom. The summed E-state index contributed by atoms with van der Waals surface area (Å²) < 4.78 is 12.3. The summed E-state index contributed by atoms with van der Waals surface area (Å²) in [6.45, 7) is 4.44. The molecule has 0 saturated heterocycles. The molecule has 0 unspecified atom stereocenters. The van der Waals surface area contributed by atoms with E-state index in [-0.39, 0.29) is 6.61 Å². The van der Waals surface area contributed by atoms with Gasteiger partial charge in [0.25, 0.3) is 0 Å². The zero-order chi connectivity index (χ0) is 15.2. The molecule has 0 aliphatic heterocycles. The number of rotatable bonds is 5. The first-order chi connectivity index (χ1) is 10.2. The van der Waals surface area contributed by atoms with E-state index in [4.69, 9.17) is 15.9 Å². The molecule has 0 fully saturated rings. The number of ether oxygens (including phenoxy) is 2. The fraction of sp³-hybridized carbons (Fsp3) is 0.250. The van der Waals surface area contributed by atoms with Gasteiger partial charge in [-0.1, -0.05) is 18.1 Å². The van der Waals surface area contributed by atoms with Gasteiger partial charge in [-0.2, -0.15) is 5.10 Å². The van der Waals surface area contributed by atoms with Gasteiger partial charge >= 0.3 is 5.97 Å². The molecule has 2 rings (SSSR count). The van der Waals surface area contributed by atoms with Crippen molar-refractivity contribution in [3.05, 3.63) is 41.7 Å². The number of carbonyl (C=O) groups excluding carboxylic acids is 1. The highest BCUT2D eigenvalue weighted by Crippen LogP contribution is 2.27. The fourth-order valence-electron chi connectivity index (χ4n) is 1.88. The van der Waals surface area contributed by atoms with Crippen molar-refractivity contribution in [1.82, 2.24) is 9.78 Å². The van der Waals surface area contributed by atoms with Crippen molar-refractivity contribution < 1.29 is 14.3 Å². The van der Waals surface area contributed by atoms with Crippen molar-refractivity contribution in [3.8, 4) is 23.8 Å². The molecule has 0 amide bonds. The van der Waals surface area contributed by atoms with Crippen molar-refractivity contribution >= 4 is 5.97 Å². The van der Waals surface area contributed by atoms with Gasteiger partial charge < -0.3 is 9.47 Å². The van der Waals surface area contributed by atoms with Crippen LogP contribution in [0.15, 0.2) is 30.3 Å². The Bertz CT molecular complexity index is 683. The first kappa shape index (κ1) is 14.7. The molecular formula is C16H16N2O3. The third-order valence-corrected chi connectivity index (χ3v) is 2.77. The highest BCUT2D eigenvalue weighted by molar-refractivity contribution is 5.89. The second kappa shape index (κ2) is 6.62. The maximum atomic E-state index is 12.3. The summed E-state index contributed by atoms with van der Waals surface area (Å²) >= 11 is 0. The first-order valence-electron chi connectivity index (χ1n) is 6.57. The van der Waals surface area contributed by atoms with E-state index in [9.17, 15) is 4.79 Å². The van der Waals surface area contributed by atoms with Gasteiger partial charge in [0.05, 0.1) is 5.69 Å². The lowest BCUT2D eigenvalue weighted by Crippen LogP contribution is -2.15. The zero-order valence-corrected chi connectivity index (χ0v) is 12.0. The monoisotopic (exact) mass is 284 g/mol. The third kappa shape index (κ3) is 3.42. The predicted octanol–water partition coefficient (Wildman–Crippen LogP) is 2.44. The van der Waals surface area contributed by atoms with E-state index in [0.29, 0.717) is 23.7 Å². The maximum Gasteiger partial charge on any atom is 0.362 e. The number of aryl methyl sites for hydroxylation is 2. The zero-order valence-electron chi connectivity index (χ0n) is 12.0. The molecule has 0 radical (unpaired) electrons. The Labute approximate surface area is 123 Å². The number of para-hydroxylation sites is 2. The lowest BCUT2D eigenvalue weighted by atomic mass is 10.3. The Kier molecular flexibility index (Phi) is 4.62. The molecule has 1 aromatic heterocycles. The maximum absolute atomic E-state index is 12.3. The number of carbonyl (C=O) groups is 1. The molecule has 2 aromatic rings. The van der Waals surface area contributed by atoms with Crippen LogP contribution in [-0.2, 0) is 6.54 Å². The van der Waals surface area contributed by atoms with Gasteiger partial charge in [0, 0.05) is 6.54 Å². The number of nitrogens with zero attached hydrogens (tertiary/aromatic N) is 2. The van der Waals surface area contributed by atoms with Gasteiger partial charge in [0.1, 0.15) is 12.3 Å². The highest BCUT2D eigenvalue weighted by atomic mass is 16.6. The molecule has 21 heavy (non-hydrogen) atoms. The van der Waals surface area contributed by atoms with Crippen LogP contribution in [0.5, 0.6) is 11.5 Å². The summed E-state index contributed by atoms with van der Waals surface area (Å²) in [7, 11) is 0. The number of esters is 1. The van der Waals surface area contributed by atoms with Crippen molar-refractivity contribution in [3.63, 3.8) is 0 Å². The fourth-order valence-corrected chi connectivity index (χ4v) is 1.88. The van der Waals surface area contributed by atoms with E-state index in [1.807, 2.05) is 13.8 Å². The van der Waals surface area contributed by atoms with E-state index in [1.165, 1.54) is 0 Å². The van der Waals surface area contributed by atoms with Gasteiger partial charge in [-0.05, 0) is 32.0 Å². The Hall–Kier alpha value is -2.74.